The van der Waals surface area contributed by atoms with Crippen LogP contribution in [0.5, 0.6) is 11.5 Å². The number of hydrogen-bond donors (Lipinski definition) is 1. The summed E-state index contributed by atoms with van der Waals surface area (Å²) in [6.45, 7) is 5.28. The van der Waals surface area contributed by atoms with Crippen molar-refractivity contribution in [3.05, 3.63) is 35.7 Å². The van der Waals surface area contributed by atoms with E-state index in [1.165, 1.54) is 0 Å². The van der Waals surface area contributed by atoms with Gasteiger partial charge in [-0.05, 0) is 38.3 Å². The average Bonchev–Trinajstić information content (AvgIpc) is 3.39. The van der Waals surface area contributed by atoms with E-state index in [0.717, 1.165) is 25.0 Å². The number of carbonyl (C=O) groups is 1. The highest BCUT2D eigenvalue weighted by molar-refractivity contribution is 6.06. The fourth-order valence-corrected chi connectivity index (χ4v) is 3.20. The number of benzene rings is 1. The zero-order valence-corrected chi connectivity index (χ0v) is 14.6. The van der Waals surface area contributed by atoms with Crippen LogP contribution in [0.15, 0.2) is 24.4 Å². The molecule has 1 amide bonds. The smallest absolute Gasteiger partial charge is 0.259 e. The minimum absolute atomic E-state index is 0.140. The van der Waals surface area contributed by atoms with Crippen molar-refractivity contribution in [2.75, 3.05) is 18.5 Å². The van der Waals surface area contributed by atoms with E-state index in [9.17, 15) is 4.79 Å². The van der Waals surface area contributed by atoms with Gasteiger partial charge in [-0.25, -0.2) is 0 Å². The number of nitrogens with zero attached hydrogens (tertiary/aromatic N) is 2. The molecule has 1 aromatic carbocycles. The van der Waals surface area contributed by atoms with E-state index < -0.39 is 0 Å². The van der Waals surface area contributed by atoms with E-state index in [2.05, 4.69) is 24.3 Å². The Kier molecular flexibility index (Phi) is 4.11. The molecular weight excluding hydrogens is 318 g/mol. The maximum absolute atomic E-state index is 12.9. The van der Waals surface area contributed by atoms with E-state index in [-0.39, 0.29) is 5.91 Å². The second-order valence-electron chi connectivity index (χ2n) is 6.70. The molecular formula is C19H23N3O3. The first-order chi connectivity index (χ1) is 12.2. The predicted octanol–water partition coefficient (Wildman–Crippen LogP) is 3.76. The molecule has 2 aliphatic rings. The van der Waals surface area contributed by atoms with Gasteiger partial charge in [-0.1, -0.05) is 13.0 Å². The summed E-state index contributed by atoms with van der Waals surface area (Å²) in [5.41, 5.74) is 2.37. The molecule has 1 aliphatic heterocycles. The SMILES string of the molecule is CC[C@H](C)n1ncc(C(=O)Nc2cccc3c2OCCO3)c1C1CC1. The number of para-hydroxylation sites is 1. The van der Waals surface area contributed by atoms with Crippen molar-refractivity contribution in [2.24, 2.45) is 0 Å². The van der Waals surface area contributed by atoms with Crippen LogP contribution >= 0.6 is 0 Å². The summed E-state index contributed by atoms with van der Waals surface area (Å²) in [6.07, 6.45) is 4.93. The Morgan fingerprint density at radius 1 is 1.36 bits per heavy atom. The molecule has 6 heteroatoms. The number of amides is 1. The highest BCUT2D eigenvalue weighted by Gasteiger charge is 2.33. The van der Waals surface area contributed by atoms with Gasteiger partial charge < -0.3 is 14.8 Å². The molecule has 0 saturated heterocycles. The van der Waals surface area contributed by atoms with Gasteiger partial charge in [-0.15, -0.1) is 0 Å². The number of anilines is 1. The predicted molar refractivity (Wildman–Crippen MR) is 94.6 cm³/mol. The third-order valence-electron chi connectivity index (χ3n) is 4.87. The number of ether oxygens (including phenoxy) is 2. The van der Waals surface area contributed by atoms with Gasteiger partial charge in [-0.2, -0.15) is 5.10 Å². The van der Waals surface area contributed by atoms with Gasteiger partial charge in [0.25, 0.3) is 5.91 Å². The summed E-state index contributed by atoms with van der Waals surface area (Å²) in [7, 11) is 0. The first kappa shape index (κ1) is 16.0. The van der Waals surface area contributed by atoms with Gasteiger partial charge in [0.1, 0.15) is 13.2 Å². The van der Waals surface area contributed by atoms with Gasteiger partial charge in [0, 0.05) is 12.0 Å². The molecule has 2 aromatic rings. The summed E-state index contributed by atoms with van der Waals surface area (Å²) in [5.74, 6) is 1.58. The van der Waals surface area contributed by atoms with E-state index in [1.54, 1.807) is 6.20 Å². The lowest BCUT2D eigenvalue weighted by Crippen LogP contribution is -2.19. The molecule has 1 aromatic heterocycles. The topological polar surface area (TPSA) is 65.4 Å². The molecule has 1 aliphatic carbocycles. The Balaban J connectivity index is 1.63. The van der Waals surface area contributed by atoms with E-state index >= 15 is 0 Å². The number of rotatable bonds is 5. The van der Waals surface area contributed by atoms with E-state index in [0.29, 0.717) is 47.9 Å². The molecule has 1 saturated carbocycles. The summed E-state index contributed by atoms with van der Waals surface area (Å²) in [4.78, 5) is 12.9. The molecule has 0 bridgehead atoms. The van der Waals surface area contributed by atoms with E-state index in [4.69, 9.17) is 9.47 Å². The van der Waals surface area contributed by atoms with Crippen molar-refractivity contribution in [1.82, 2.24) is 9.78 Å². The van der Waals surface area contributed by atoms with Crippen LogP contribution in [0.2, 0.25) is 0 Å². The highest BCUT2D eigenvalue weighted by Crippen LogP contribution is 2.43. The quantitative estimate of drug-likeness (QED) is 0.899. The molecule has 25 heavy (non-hydrogen) atoms. The van der Waals surface area contributed by atoms with Crippen LogP contribution in [0, 0.1) is 0 Å². The van der Waals surface area contributed by atoms with Crippen LogP contribution in [0.25, 0.3) is 0 Å². The first-order valence-corrected chi connectivity index (χ1v) is 8.96. The van der Waals surface area contributed by atoms with E-state index in [1.807, 2.05) is 22.9 Å². The zero-order chi connectivity index (χ0) is 17.4. The van der Waals surface area contributed by atoms with Crippen LogP contribution < -0.4 is 14.8 Å². The lowest BCUT2D eigenvalue weighted by atomic mass is 10.1. The van der Waals surface area contributed by atoms with Crippen LogP contribution in [0.4, 0.5) is 5.69 Å². The van der Waals surface area contributed by atoms with Crippen molar-refractivity contribution in [3.63, 3.8) is 0 Å². The molecule has 1 N–H and O–H groups in total. The molecule has 132 valence electrons. The maximum atomic E-state index is 12.9. The third-order valence-corrected chi connectivity index (χ3v) is 4.87. The van der Waals surface area contributed by atoms with Gasteiger partial charge in [0.05, 0.1) is 23.1 Å². The van der Waals surface area contributed by atoms with Gasteiger partial charge in [0.15, 0.2) is 11.5 Å². The number of nitrogens with one attached hydrogen (secondary N) is 1. The van der Waals surface area contributed by atoms with Crippen LogP contribution in [-0.2, 0) is 0 Å². The lowest BCUT2D eigenvalue weighted by molar-refractivity contribution is 0.102. The minimum Gasteiger partial charge on any atom is -0.486 e. The standard InChI is InChI=1S/C19H23N3O3/c1-3-12(2)22-17(13-7-8-13)14(11-20-22)19(23)21-15-5-4-6-16-18(15)25-10-9-24-16/h4-6,11-13H,3,7-10H2,1-2H3,(H,21,23)/t12-/m0/s1. The zero-order valence-electron chi connectivity index (χ0n) is 14.6. The number of fused-ring (bicyclic) bond motifs is 1. The Morgan fingerprint density at radius 3 is 2.92 bits per heavy atom. The fourth-order valence-electron chi connectivity index (χ4n) is 3.20. The molecule has 0 unspecified atom stereocenters. The Bertz CT molecular complexity index is 795. The maximum Gasteiger partial charge on any atom is 0.259 e. The fraction of sp³-hybridized carbons (Fsp3) is 0.474. The van der Waals surface area contributed by atoms with Crippen molar-refractivity contribution in [2.45, 2.75) is 45.1 Å². The lowest BCUT2D eigenvalue weighted by Gasteiger charge is -2.21. The summed E-state index contributed by atoms with van der Waals surface area (Å²) >= 11 is 0. The van der Waals surface area contributed by atoms with Crippen LogP contribution in [0.1, 0.15) is 61.1 Å². The van der Waals surface area contributed by atoms with Gasteiger partial charge in [0.2, 0.25) is 0 Å². The van der Waals surface area contributed by atoms with Crippen molar-refractivity contribution < 1.29 is 14.3 Å². The van der Waals surface area contributed by atoms with Crippen molar-refractivity contribution in [1.29, 1.82) is 0 Å². The minimum atomic E-state index is -0.140. The van der Waals surface area contributed by atoms with Crippen LogP contribution in [0.3, 0.4) is 0 Å². The summed E-state index contributed by atoms with van der Waals surface area (Å²) in [6, 6.07) is 5.83. The largest absolute Gasteiger partial charge is 0.486 e. The average molecular weight is 341 g/mol. The number of carbonyl (C=O) groups excluding carboxylic acids is 1. The van der Waals surface area contributed by atoms with Gasteiger partial charge >= 0.3 is 0 Å². The van der Waals surface area contributed by atoms with Crippen molar-refractivity contribution >= 4 is 11.6 Å². The highest BCUT2D eigenvalue weighted by atomic mass is 16.6. The Labute approximate surface area is 147 Å². The molecule has 6 nitrogen and oxygen atoms in total. The second kappa shape index (κ2) is 6.43. The number of aromatic nitrogens is 2. The first-order valence-electron chi connectivity index (χ1n) is 8.96. The molecule has 2 heterocycles. The molecule has 0 radical (unpaired) electrons. The molecule has 4 rings (SSSR count). The third kappa shape index (κ3) is 2.97. The monoisotopic (exact) mass is 341 g/mol. The van der Waals surface area contributed by atoms with Crippen molar-refractivity contribution in [3.8, 4) is 11.5 Å². The normalized spacial score (nSPS) is 17.2. The molecule has 1 fully saturated rings. The molecule has 0 spiro atoms. The Morgan fingerprint density at radius 2 is 2.16 bits per heavy atom. The Hall–Kier alpha value is -2.50. The summed E-state index contributed by atoms with van der Waals surface area (Å²) in [5, 5.41) is 7.48. The second-order valence-corrected chi connectivity index (χ2v) is 6.70. The van der Waals surface area contributed by atoms with Gasteiger partial charge in [-0.3, -0.25) is 9.48 Å². The molecule has 1 atom stereocenters. The van der Waals surface area contributed by atoms with Crippen LogP contribution in [-0.4, -0.2) is 28.9 Å². The number of hydrogen-bond acceptors (Lipinski definition) is 4. The summed E-state index contributed by atoms with van der Waals surface area (Å²) < 4.78 is 13.3.